The Morgan fingerprint density at radius 3 is 2.62 bits per heavy atom. The number of hydrogen-bond donors (Lipinski definition) is 2. The highest BCUT2D eigenvalue weighted by molar-refractivity contribution is 9.10. The normalized spacial score (nSPS) is 11.1. The number of benzene rings is 4. The van der Waals surface area contributed by atoms with E-state index in [0.29, 0.717) is 11.3 Å². The second kappa shape index (κ2) is 8.13. The summed E-state index contributed by atoms with van der Waals surface area (Å²) in [4.78, 5) is 21.3. The molecular formula is C26H20BrN3O2. The van der Waals surface area contributed by atoms with Crippen molar-refractivity contribution in [3.8, 4) is 17.1 Å². The maximum Gasteiger partial charge on any atom is 0.259 e. The van der Waals surface area contributed by atoms with Gasteiger partial charge in [-0.1, -0.05) is 48.5 Å². The van der Waals surface area contributed by atoms with Crippen LogP contribution in [0, 0.1) is 6.92 Å². The molecule has 0 aliphatic rings. The molecule has 0 unspecified atom stereocenters. The minimum atomic E-state index is -0.238. The number of para-hydroxylation sites is 2. The molecule has 0 aliphatic carbocycles. The highest BCUT2D eigenvalue weighted by Crippen LogP contribution is 2.37. The van der Waals surface area contributed by atoms with Crippen molar-refractivity contribution in [3.05, 3.63) is 88.4 Å². The van der Waals surface area contributed by atoms with Crippen LogP contribution in [0.2, 0.25) is 0 Å². The van der Waals surface area contributed by atoms with Crippen LogP contribution in [0.4, 0.5) is 5.69 Å². The highest BCUT2D eigenvalue weighted by Gasteiger charge is 2.19. The molecule has 1 heterocycles. The highest BCUT2D eigenvalue weighted by atomic mass is 79.9. The van der Waals surface area contributed by atoms with Gasteiger partial charge in [-0.15, -0.1) is 0 Å². The van der Waals surface area contributed by atoms with Crippen LogP contribution in [0.15, 0.2) is 77.3 Å². The number of aromatic nitrogens is 2. The number of amides is 1. The lowest BCUT2D eigenvalue weighted by Crippen LogP contribution is -2.14. The van der Waals surface area contributed by atoms with E-state index in [4.69, 9.17) is 4.74 Å². The lowest BCUT2D eigenvalue weighted by atomic mass is 10.0. The smallest absolute Gasteiger partial charge is 0.259 e. The summed E-state index contributed by atoms with van der Waals surface area (Å²) < 4.78 is 6.34. The number of methoxy groups -OCH3 is 1. The Balaban J connectivity index is 1.53. The third-order valence-corrected chi connectivity index (χ3v) is 6.33. The van der Waals surface area contributed by atoms with Gasteiger partial charge in [-0.05, 0) is 63.5 Å². The van der Waals surface area contributed by atoms with E-state index in [1.807, 2.05) is 79.7 Å². The SMILES string of the molecule is COc1c(C(=O)Nc2cc(-c3nc4ccccc4[nH]3)ccc2C)cc2ccccc2c1Br. The van der Waals surface area contributed by atoms with Crippen molar-refractivity contribution < 1.29 is 9.53 Å². The fourth-order valence-corrected chi connectivity index (χ4v) is 4.57. The standard InChI is InChI=1S/C26H20BrN3O2/c1-15-11-12-17(25-28-20-9-5-6-10-21(20)29-25)14-22(15)30-26(31)19-13-16-7-3-4-8-18(16)23(27)24(19)32-2/h3-14H,1-2H3,(H,28,29)(H,30,31). The first-order valence-corrected chi connectivity index (χ1v) is 11.0. The summed E-state index contributed by atoms with van der Waals surface area (Å²) in [7, 11) is 1.57. The van der Waals surface area contributed by atoms with Crippen LogP contribution in [0.3, 0.4) is 0 Å². The van der Waals surface area contributed by atoms with Gasteiger partial charge in [0.15, 0.2) is 0 Å². The van der Waals surface area contributed by atoms with E-state index in [9.17, 15) is 4.79 Å². The zero-order chi connectivity index (χ0) is 22.2. The number of ether oxygens (including phenoxy) is 1. The molecule has 5 nitrogen and oxygen atoms in total. The molecule has 0 aliphatic heterocycles. The van der Waals surface area contributed by atoms with E-state index < -0.39 is 0 Å². The van der Waals surface area contributed by atoms with Gasteiger partial charge in [-0.25, -0.2) is 4.98 Å². The van der Waals surface area contributed by atoms with Gasteiger partial charge >= 0.3 is 0 Å². The molecule has 4 aromatic carbocycles. The summed E-state index contributed by atoms with van der Waals surface area (Å²) in [5.74, 6) is 1.03. The van der Waals surface area contributed by atoms with Crippen LogP contribution >= 0.6 is 15.9 Å². The second-order valence-electron chi connectivity index (χ2n) is 7.58. The van der Waals surface area contributed by atoms with Crippen LogP contribution in [0.5, 0.6) is 5.75 Å². The average Bonchev–Trinajstić information content (AvgIpc) is 3.25. The summed E-state index contributed by atoms with van der Waals surface area (Å²) in [5.41, 5.74) is 4.91. The predicted molar refractivity (Wildman–Crippen MR) is 132 cm³/mol. The molecule has 0 spiro atoms. The Labute approximate surface area is 193 Å². The third kappa shape index (κ3) is 3.52. The van der Waals surface area contributed by atoms with Crippen LogP contribution in [-0.4, -0.2) is 23.0 Å². The molecule has 5 aromatic rings. The molecule has 0 atom stereocenters. The lowest BCUT2D eigenvalue weighted by Gasteiger charge is -2.15. The molecule has 0 saturated carbocycles. The lowest BCUT2D eigenvalue weighted by molar-refractivity contribution is 0.102. The summed E-state index contributed by atoms with van der Waals surface area (Å²) in [6, 6.07) is 23.5. The quantitative estimate of drug-likeness (QED) is 0.297. The number of halogens is 1. The first-order valence-electron chi connectivity index (χ1n) is 10.2. The van der Waals surface area contributed by atoms with Crippen molar-refractivity contribution in [3.63, 3.8) is 0 Å². The molecule has 0 fully saturated rings. The van der Waals surface area contributed by atoms with E-state index in [2.05, 4.69) is 31.2 Å². The fraction of sp³-hybridized carbons (Fsp3) is 0.0769. The van der Waals surface area contributed by atoms with Gasteiger partial charge in [0.25, 0.3) is 5.91 Å². The van der Waals surface area contributed by atoms with Crippen molar-refractivity contribution in [2.45, 2.75) is 6.92 Å². The van der Waals surface area contributed by atoms with Gasteiger partial charge in [0.1, 0.15) is 11.6 Å². The van der Waals surface area contributed by atoms with Crippen molar-refractivity contribution in [2.75, 3.05) is 12.4 Å². The summed E-state index contributed by atoms with van der Waals surface area (Å²) >= 11 is 3.60. The molecule has 0 radical (unpaired) electrons. The number of nitrogens with zero attached hydrogens (tertiary/aromatic N) is 1. The third-order valence-electron chi connectivity index (χ3n) is 5.54. The van der Waals surface area contributed by atoms with E-state index in [1.165, 1.54) is 0 Å². The number of aromatic amines is 1. The maximum atomic E-state index is 13.3. The van der Waals surface area contributed by atoms with Gasteiger partial charge in [0.2, 0.25) is 0 Å². The number of H-pyrrole nitrogens is 1. The van der Waals surface area contributed by atoms with Gasteiger partial charge in [-0.2, -0.15) is 0 Å². The largest absolute Gasteiger partial charge is 0.495 e. The Bertz CT molecular complexity index is 1460. The Hall–Kier alpha value is -3.64. The van der Waals surface area contributed by atoms with Crippen LogP contribution in [-0.2, 0) is 0 Å². The van der Waals surface area contributed by atoms with E-state index in [0.717, 1.165) is 48.9 Å². The number of aryl methyl sites for hydroxylation is 1. The molecule has 0 bridgehead atoms. The Morgan fingerprint density at radius 1 is 1.03 bits per heavy atom. The summed E-state index contributed by atoms with van der Waals surface area (Å²) in [5, 5.41) is 5.00. The predicted octanol–water partition coefficient (Wildman–Crippen LogP) is 6.71. The molecular weight excluding hydrogens is 466 g/mol. The van der Waals surface area contributed by atoms with Crippen molar-refractivity contribution in [1.29, 1.82) is 0 Å². The Kier molecular flexibility index (Phi) is 5.15. The number of carbonyl (C=O) groups excluding carboxylic acids is 1. The van der Waals surface area contributed by atoms with Gasteiger partial charge < -0.3 is 15.0 Å². The molecule has 1 amide bonds. The second-order valence-corrected chi connectivity index (χ2v) is 8.37. The molecule has 0 saturated heterocycles. The molecule has 1 aromatic heterocycles. The molecule has 2 N–H and O–H groups in total. The number of carbonyl (C=O) groups is 1. The van der Waals surface area contributed by atoms with Crippen molar-refractivity contribution >= 4 is 49.3 Å². The summed E-state index contributed by atoms with van der Waals surface area (Å²) in [6.07, 6.45) is 0. The first-order chi connectivity index (χ1) is 15.5. The van der Waals surface area contributed by atoms with Gasteiger partial charge in [0.05, 0.1) is 28.2 Å². The first kappa shape index (κ1) is 20.3. The van der Waals surface area contributed by atoms with E-state index in [-0.39, 0.29) is 5.91 Å². The van der Waals surface area contributed by atoms with E-state index in [1.54, 1.807) is 7.11 Å². The number of rotatable bonds is 4. The van der Waals surface area contributed by atoms with Crippen molar-refractivity contribution in [2.24, 2.45) is 0 Å². The maximum absolute atomic E-state index is 13.3. The fourth-order valence-electron chi connectivity index (χ4n) is 3.84. The molecule has 5 rings (SSSR count). The number of imidazole rings is 1. The van der Waals surface area contributed by atoms with Crippen LogP contribution in [0.1, 0.15) is 15.9 Å². The number of anilines is 1. The van der Waals surface area contributed by atoms with Crippen LogP contribution < -0.4 is 10.1 Å². The molecule has 6 heteroatoms. The van der Waals surface area contributed by atoms with Crippen LogP contribution in [0.25, 0.3) is 33.2 Å². The number of nitrogens with one attached hydrogen (secondary N) is 2. The average molecular weight is 486 g/mol. The minimum Gasteiger partial charge on any atom is -0.495 e. The van der Waals surface area contributed by atoms with Gasteiger partial charge in [0, 0.05) is 11.3 Å². The molecule has 158 valence electrons. The van der Waals surface area contributed by atoms with Crippen molar-refractivity contribution in [1.82, 2.24) is 9.97 Å². The Morgan fingerprint density at radius 2 is 1.81 bits per heavy atom. The monoisotopic (exact) mass is 485 g/mol. The zero-order valence-electron chi connectivity index (χ0n) is 17.6. The topological polar surface area (TPSA) is 67.0 Å². The summed E-state index contributed by atoms with van der Waals surface area (Å²) in [6.45, 7) is 1.96. The zero-order valence-corrected chi connectivity index (χ0v) is 19.2. The number of fused-ring (bicyclic) bond motifs is 2. The minimum absolute atomic E-state index is 0.238. The van der Waals surface area contributed by atoms with Gasteiger partial charge in [-0.3, -0.25) is 4.79 Å². The van der Waals surface area contributed by atoms with E-state index >= 15 is 0 Å². The number of hydrogen-bond acceptors (Lipinski definition) is 3. The molecule has 32 heavy (non-hydrogen) atoms.